The summed E-state index contributed by atoms with van der Waals surface area (Å²) in [5, 5.41) is 11.8. The molecule has 1 aromatic carbocycles. The summed E-state index contributed by atoms with van der Waals surface area (Å²) >= 11 is 0. The quantitative estimate of drug-likeness (QED) is 0.533. The number of ether oxygens (including phenoxy) is 2. The standard InChI is InChI=1S/C15H18N2O5/c1-21-7-8-22-12-4-2-3-11(9-12)16-13-10-14(19)17(5-6-18)15(13)20/h2-4,9-10,16,18H,5-8H2,1H3. The van der Waals surface area contributed by atoms with Gasteiger partial charge in [0.1, 0.15) is 18.1 Å². The van der Waals surface area contributed by atoms with E-state index < -0.39 is 11.8 Å². The molecular formula is C15H18N2O5. The summed E-state index contributed by atoms with van der Waals surface area (Å²) in [5.41, 5.74) is 0.806. The number of aliphatic hydroxyl groups excluding tert-OH is 1. The molecular weight excluding hydrogens is 288 g/mol. The lowest BCUT2D eigenvalue weighted by atomic mass is 10.3. The zero-order chi connectivity index (χ0) is 15.9. The van der Waals surface area contributed by atoms with Crippen LogP contribution in [0.1, 0.15) is 0 Å². The predicted octanol–water partition coefficient (Wildman–Crippen LogP) is 0.369. The zero-order valence-electron chi connectivity index (χ0n) is 12.2. The summed E-state index contributed by atoms with van der Waals surface area (Å²) in [5.74, 6) is -0.259. The topological polar surface area (TPSA) is 88.1 Å². The van der Waals surface area contributed by atoms with Crippen molar-refractivity contribution >= 4 is 17.5 Å². The first-order chi connectivity index (χ1) is 10.7. The van der Waals surface area contributed by atoms with E-state index in [2.05, 4.69) is 5.32 Å². The van der Waals surface area contributed by atoms with Gasteiger partial charge in [0.25, 0.3) is 11.8 Å². The van der Waals surface area contributed by atoms with E-state index in [1.54, 1.807) is 31.4 Å². The first-order valence-corrected chi connectivity index (χ1v) is 6.83. The van der Waals surface area contributed by atoms with Gasteiger partial charge >= 0.3 is 0 Å². The third-order valence-corrected chi connectivity index (χ3v) is 3.00. The van der Waals surface area contributed by atoms with E-state index in [4.69, 9.17) is 14.6 Å². The molecule has 0 saturated carbocycles. The SMILES string of the molecule is COCCOc1cccc(NC2=CC(=O)N(CCO)C2=O)c1. The maximum atomic E-state index is 12.0. The number of hydrogen-bond acceptors (Lipinski definition) is 6. The van der Waals surface area contributed by atoms with E-state index in [1.807, 2.05) is 0 Å². The van der Waals surface area contributed by atoms with Crippen LogP contribution in [0.25, 0.3) is 0 Å². The largest absolute Gasteiger partial charge is 0.491 e. The van der Waals surface area contributed by atoms with E-state index in [9.17, 15) is 9.59 Å². The molecule has 1 heterocycles. The van der Waals surface area contributed by atoms with Crippen LogP contribution in [0.4, 0.5) is 5.69 Å². The van der Waals surface area contributed by atoms with Gasteiger partial charge in [-0.15, -0.1) is 0 Å². The van der Waals surface area contributed by atoms with Crippen molar-refractivity contribution in [2.45, 2.75) is 0 Å². The number of imide groups is 1. The van der Waals surface area contributed by atoms with Crippen molar-refractivity contribution in [3.8, 4) is 5.75 Å². The number of carbonyl (C=O) groups excluding carboxylic acids is 2. The minimum Gasteiger partial charge on any atom is -0.491 e. The van der Waals surface area contributed by atoms with E-state index >= 15 is 0 Å². The molecule has 1 aliphatic heterocycles. The van der Waals surface area contributed by atoms with E-state index in [0.717, 1.165) is 4.90 Å². The van der Waals surface area contributed by atoms with Crippen molar-refractivity contribution in [3.63, 3.8) is 0 Å². The average Bonchev–Trinajstić information content (AvgIpc) is 2.76. The number of rotatable bonds is 8. The second-order valence-corrected chi connectivity index (χ2v) is 4.57. The zero-order valence-corrected chi connectivity index (χ0v) is 12.2. The molecule has 2 amide bonds. The van der Waals surface area contributed by atoms with Crippen molar-refractivity contribution in [3.05, 3.63) is 36.0 Å². The molecule has 7 heteroatoms. The lowest BCUT2D eigenvalue weighted by molar-refractivity contribution is -0.137. The Morgan fingerprint density at radius 1 is 1.27 bits per heavy atom. The summed E-state index contributed by atoms with van der Waals surface area (Å²) in [4.78, 5) is 24.7. The maximum absolute atomic E-state index is 12.0. The van der Waals surface area contributed by atoms with Gasteiger partial charge in [-0.05, 0) is 12.1 Å². The molecule has 22 heavy (non-hydrogen) atoms. The highest BCUT2D eigenvalue weighted by atomic mass is 16.5. The molecule has 0 fully saturated rings. The lowest BCUT2D eigenvalue weighted by Gasteiger charge is -2.13. The van der Waals surface area contributed by atoms with Crippen molar-refractivity contribution in [1.82, 2.24) is 4.90 Å². The molecule has 2 N–H and O–H groups in total. The summed E-state index contributed by atoms with van der Waals surface area (Å²) in [6, 6.07) is 7.05. The van der Waals surface area contributed by atoms with Crippen LogP contribution >= 0.6 is 0 Å². The first-order valence-electron chi connectivity index (χ1n) is 6.83. The molecule has 0 atom stereocenters. The van der Waals surface area contributed by atoms with E-state index in [1.165, 1.54) is 6.08 Å². The van der Waals surface area contributed by atoms with Crippen molar-refractivity contribution < 1.29 is 24.2 Å². The molecule has 1 aliphatic rings. The molecule has 1 aromatic rings. The molecule has 0 bridgehead atoms. The Labute approximate surface area is 128 Å². The molecule has 0 unspecified atom stereocenters. The van der Waals surface area contributed by atoms with Crippen LogP contribution < -0.4 is 10.1 Å². The predicted molar refractivity (Wildman–Crippen MR) is 79.3 cm³/mol. The van der Waals surface area contributed by atoms with Crippen LogP contribution in [-0.4, -0.2) is 55.3 Å². The number of hydrogen-bond donors (Lipinski definition) is 2. The van der Waals surface area contributed by atoms with Gasteiger partial charge < -0.3 is 19.9 Å². The van der Waals surface area contributed by atoms with Crippen LogP contribution in [0.2, 0.25) is 0 Å². The number of β-amino-alcohol motifs (C(OH)–C–C–N with tert-alkyl or cyclic N) is 1. The summed E-state index contributed by atoms with van der Waals surface area (Å²) in [6.45, 7) is 0.622. The third kappa shape index (κ3) is 3.84. The fourth-order valence-electron chi connectivity index (χ4n) is 1.97. The van der Waals surface area contributed by atoms with E-state index in [-0.39, 0.29) is 18.8 Å². The molecule has 2 rings (SSSR count). The fourth-order valence-corrected chi connectivity index (χ4v) is 1.97. The van der Waals surface area contributed by atoms with Gasteiger partial charge in [0.05, 0.1) is 19.8 Å². The van der Waals surface area contributed by atoms with Crippen molar-refractivity contribution in [1.29, 1.82) is 0 Å². The molecule has 0 radical (unpaired) electrons. The highest BCUT2D eigenvalue weighted by Gasteiger charge is 2.30. The van der Waals surface area contributed by atoms with Crippen LogP contribution in [0.15, 0.2) is 36.0 Å². The number of amides is 2. The Morgan fingerprint density at radius 3 is 2.82 bits per heavy atom. The summed E-state index contributed by atoms with van der Waals surface area (Å²) in [7, 11) is 1.59. The summed E-state index contributed by atoms with van der Waals surface area (Å²) in [6.07, 6.45) is 1.22. The molecule has 118 valence electrons. The normalized spacial score (nSPS) is 14.3. The van der Waals surface area contributed by atoms with Gasteiger partial charge in [0.15, 0.2) is 0 Å². The second kappa shape index (κ2) is 7.58. The highest BCUT2D eigenvalue weighted by Crippen LogP contribution is 2.21. The van der Waals surface area contributed by atoms with Gasteiger partial charge in [0, 0.05) is 24.9 Å². The van der Waals surface area contributed by atoms with Crippen molar-refractivity contribution in [2.24, 2.45) is 0 Å². The Kier molecular flexibility index (Phi) is 5.51. The average molecular weight is 306 g/mol. The lowest BCUT2D eigenvalue weighted by Crippen LogP contribution is -2.34. The van der Waals surface area contributed by atoms with Gasteiger partial charge in [0.2, 0.25) is 0 Å². The Morgan fingerprint density at radius 2 is 2.09 bits per heavy atom. The smallest absolute Gasteiger partial charge is 0.277 e. The molecule has 0 aromatic heterocycles. The van der Waals surface area contributed by atoms with Gasteiger partial charge in [-0.2, -0.15) is 0 Å². The molecule has 0 spiro atoms. The van der Waals surface area contributed by atoms with Crippen LogP contribution in [0.3, 0.4) is 0 Å². The minimum atomic E-state index is -0.454. The number of nitrogens with one attached hydrogen (secondary N) is 1. The molecule has 7 nitrogen and oxygen atoms in total. The first kappa shape index (κ1) is 16.0. The number of carbonyl (C=O) groups is 2. The maximum Gasteiger partial charge on any atom is 0.277 e. The number of anilines is 1. The summed E-state index contributed by atoms with van der Waals surface area (Å²) < 4.78 is 10.4. The number of aliphatic hydroxyl groups is 1. The van der Waals surface area contributed by atoms with Crippen molar-refractivity contribution in [2.75, 3.05) is 38.8 Å². The van der Waals surface area contributed by atoms with Gasteiger partial charge in [-0.3, -0.25) is 14.5 Å². The number of nitrogens with zero attached hydrogens (tertiary/aromatic N) is 1. The fraction of sp³-hybridized carbons (Fsp3) is 0.333. The Bertz CT molecular complexity index is 585. The Balaban J connectivity index is 2.02. The van der Waals surface area contributed by atoms with Crippen LogP contribution in [0.5, 0.6) is 5.75 Å². The second-order valence-electron chi connectivity index (χ2n) is 4.57. The van der Waals surface area contributed by atoms with Crippen LogP contribution in [-0.2, 0) is 14.3 Å². The minimum absolute atomic E-state index is 0.0144. The monoisotopic (exact) mass is 306 g/mol. The van der Waals surface area contributed by atoms with Gasteiger partial charge in [-0.1, -0.05) is 6.07 Å². The highest BCUT2D eigenvalue weighted by molar-refractivity contribution is 6.17. The van der Waals surface area contributed by atoms with E-state index in [0.29, 0.717) is 24.7 Å². The number of benzene rings is 1. The van der Waals surface area contributed by atoms with Crippen LogP contribution in [0, 0.1) is 0 Å². The Hall–Kier alpha value is -2.38. The number of methoxy groups -OCH3 is 1. The molecule has 0 saturated heterocycles. The van der Waals surface area contributed by atoms with Gasteiger partial charge in [-0.25, -0.2) is 0 Å². The molecule has 0 aliphatic carbocycles. The third-order valence-electron chi connectivity index (χ3n) is 3.00.